The minimum Gasteiger partial charge on any atom is -0.357 e. The Hall–Kier alpha value is -2.64. The summed E-state index contributed by atoms with van der Waals surface area (Å²) in [5.74, 6) is 0.874. The zero-order valence-electron chi connectivity index (χ0n) is 16.7. The van der Waals surface area contributed by atoms with E-state index in [0.717, 1.165) is 24.5 Å². The van der Waals surface area contributed by atoms with Gasteiger partial charge >= 0.3 is 0 Å². The highest BCUT2D eigenvalue weighted by Gasteiger charge is 2.10. The second kappa shape index (κ2) is 10.4. The Labute approximate surface area is 184 Å². The highest BCUT2D eigenvalue weighted by atomic mass is 35.5. The summed E-state index contributed by atoms with van der Waals surface area (Å²) in [6, 6.07) is 14.7. The van der Waals surface area contributed by atoms with Gasteiger partial charge in [-0.1, -0.05) is 35.5 Å². The number of hydrogen-bond donors (Lipinski definition) is 1. The van der Waals surface area contributed by atoms with Crippen LogP contribution in [-0.4, -0.2) is 29.0 Å². The summed E-state index contributed by atoms with van der Waals surface area (Å²) in [4.78, 5) is 23.3. The summed E-state index contributed by atoms with van der Waals surface area (Å²) in [7, 11) is 0. The number of carbonyl (C=O) groups excluding carboxylic acids is 1. The van der Waals surface area contributed by atoms with Crippen molar-refractivity contribution in [3.05, 3.63) is 76.7 Å². The SMILES string of the molecule is CCN(CC)c1cc(Cl)nc(SCc2ccc(C(=O)Nc3ccc(F)cc3)cc2)n1. The summed E-state index contributed by atoms with van der Waals surface area (Å²) < 4.78 is 13.0. The van der Waals surface area contributed by atoms with Crippen molar-refractivity contribution in [3.8, 4) is 0 Å². The van der Waals surface area contributed by atoms with Crippen LogP contribution in [0.3, 0.4) is 0 Å². The van der Waals surface area contributed by atoms with Crippen LogP contribution in [0.25, 0.3) is 0 Å². The van der Waals surface area contributed by atoms with Crippen molar-refractivity contribution in [2.45, 2.75) is 24.8 Å². The molecule has 3 aromatic rings. The maximum absolute atomic E-state index is 13.0. The van der Waals surface area contributed by atoms with E-state index in [0.29, 0.717) is 27.3 Å². The van der Waals surface area contributed by atoms with Crippen LogP contribution in [0.4, 0.5) is 15.9 Å². The van der Waals surface area contributed by atoms with E-state index < -0.39 is 0 Å². The van der Waals surface area contributed by atoms with E-state index in [-0.39, 0.29) is 11.7 Å². The number of halogens is 2. The minimum absolute atomic E-state index is 0.247. The number of carbonyl (C=O) groups is 1. The number of amides is 1. The number of nitrogens with zero attached hydrogens (tertiary/aromatic N) is 3. The lowest BCUT2D eigenvalue weighted by molar-refractivity contribution is 0.102. The average molecular weight is 445 g/mol. The Morgan fingerprint density at radius 3 is 2.37 bits per heavy atom. The second-order valence-electron chi connectivity index (χ2n) is 6.45. The van der Waals surface area contributed by atoms with Gasteiger partial charge in [0.05, 0.1) is 0 Å². The molecule has 0 atom stereocenters. The van der Waals surface area contributed by atoms with Gasteiger partial charge in [-0.15, -0.1) is 0 Å². The summed E-state index contributed by atoms with van der Waals surface area (Å²) >= 11 is 7.65. The van der Waals surface area contributed by atoms with Gasteiger partial charge in [0.1, 0.15) is 16.8 Å². The third-order valence-corrected chi connectivity index (χ3v) is 5.55. The molecule has 30 heavy (non-hydrogen) atoms. The molecule has 0 bridgehead atoms. The van der Waals surface area contributed by atoms with Gasteiger partial charge in [-0.2, -0.15) is 0 Å². The predicted octanol–water partition coefficient (Wildman–Crippen LogP) is 5.66. The van der Waals surface area contributed by atoms with E-state index in [1.165, 1.54) is 36.0 Å². The maximum atomic E-state index is 13.0. The fourth-order valence-electron chi connectivity index (χ4n) is 2.80. The molecule has 1 aromatic heterocycles. The van der Waals surface area contributed by atoms with E-state index in [2.05, 4.69) is 34.0 Å². The first-order valence-electron chi connectivity index (χ1n) is 9.56. The molecule has 0 spiro atoms. The van der Waals surface area contributed by atoms with Crippen LogP contribution >= 0.6 is 23.4 Å². The summed E-state index contributed by atoms with van der Waals surface area (Å²) in [5.41, 5.74) is 2.10. The number of aromatic nitrogens is 2. The number of benzene rings is 2. The first-order valence-corrected chi connectivity index (χ1v) is 10.9. The van der Waals surface area contributed by atoms with Crippen LogP contribution in [-0.2, 0) is 5.75 Å². The van der Waals surface area contributed by atoms with Gasteiger partial charge in [-0.3, -0.25) is 4.79 Å². The molecule has 0 saturated carbocycles. The molecule has 1 heterocycles. The lowest BCUT2D eigenvalue weighted by atomic mass is 10.1. The van der Waals surface area contributed by atoms with Crippen LogP contribution in [0.2, 0.25) is 5.15 Å². The van der Waals surface area contributed by atoms with Crippen LogP contribution < -0.4 is 10.2 Å². The fourth-order valence-corrected chi connectivity index (χ4v) is 3.83. The lowest BCUT2D eigenvalue weighted by Gasteiger charge is -2.20. The normalized spacial score (nSPS) is 10.7. The van der Waals surface area contributed by atoms with Crippen LogP contribution in [0.1, 0.15) is 29.8 Å². The molecule has 0 fully saturated rings. The van der Waals surface area contributed by atoms with Gasteiger partial charge in [0, 0.05) is 36.2 Å². The van der Waals surface area contributed by atoms with Gasteiger partial charge in [0.25, 0.3) is 5.91 Å². The largest absolute Gasteiger partial charge is 0.357 e. The van der Waals surface area contributed by atoms with Crippen LogP contribution in [0.5, 0.6) is 0 Å². The molecular formula is C22H22ClFN4OS. The van der Waals surface area contributed by atoms with Crippen molar-refractivity contribution in [2.24, 2.45) is 0 Å². The zero-order valence-corrected chi connectivity index (χ0v) is 18.3. The van der Waals surface area contributed by atoms with E-state index in [4.69, 9.17) is 11.6 Å². The van der Waals surface area contributed by atoms with Crippen molar-refractivity contribution in [1.29, 1.82) is 0 Å². The van der Waals surface area contributed by atoms with E-state index in [1.54, 1.807) is 18.2 Å². The molecule has 0 saturated heterocycles. The Bertz CT molecular complexity index is 995. The van der Waals surface area contributed by atoms with E-state index in [1.807, 2.05) is 12.1 Å². The second-order valence-corrected chi connectivity index (χ2v) is 7.78. The van der Waals surface area contributed by atoms with Crippen LogP contribution in [0.15, 0.2) is 59.8 Å². The zero-order chi connectivity index (χ0) is 21.5. The van der Waals surface area contributed by atoms with Gasteiger partial charge in [0.15, 0.2) is 5.16 Å². The number of thioether (sulfide) groups is 1. The molecule has 0 aliphatic carbocycles. The molecule has 3 rings (SSSR count). The third-order valence-electron chi connectivity index (χ3n) is 4.43. The molecule has 1 amide bonds. The third kappa shape index (κ3) is 5.93. The quantitative estimate of drug-likeness (QED) is 0.276. The molecule has 8 heteroatoms. The Balaban J connectivity index is 1.62. The van der Waals surface area contributed by atoms with Gasteiger partial charge in [-0.25, -0.2) is 14.4 Å². The molecule has 0 radical (unpaired) electrons. The van der Waals surface area contributed by atoms with Crippen molar-refractivity contribution in [3.63, 3.8) is 0 Å². The monoisotopic (exact) mass is 444 g/mol. The van der Waals surface area contributed by atoms with E-state index >= 15 is 0 Å². The molecule has 1 N–H and O–H groups in total. The summed E-state index contributed by atoms with van der Waals surface area (Å²) in [5, 5.41) is 3.78. The van der Waals surface area contributed by atoms with Crippen molar-refractivity contribution < 1.29 is 9.18 Å². The highest BCUT2D eigenvalue weighted by molar-refractivity contribution is 7.98. The number of nitrogens with one attached hydrogen (secondary N) is 1. The Morgan fingerprint density at radius 1 is 1.07 bits per heavy atom. The highest BCUT2D eigenvalue weighted by Crippen LogP contribution is 2.25. The summed E-state index contributed by atoms with van der Waals surface area (Å²) in [6.07, 6.45) is 0. The first kappa shape index (κ1) is 22.1. The number of hydrogen-bond acceptors (Lipinski definition) is 5. The maximum Gasteiger partial charge on any atom is 0.255 e. The van der Waals surface area contributed by atoms with Crippen LogP contribution in [0, 0.1) is 5.82 Å². The molecular weight excluding hydrogens is 423 g/mol. The van der Waals surface area contributed by atoms with Crippen molar-refractivity contribution >= 4 is 40.8 Å². The molecule has 0 unspecified atom stereocenters. The average Bonchev–Trinajstić information content (AvgIpc) is 2.75. The fraction of sp³-hybridized carbons (Fsp3) is 0.227. The smallest absolute Gasteiger partial charge is 0.255 e. The molecule has 2 aromatic carbocycles. The predicted molar refractivity (Wildman–Crippen MR) is 121 cm³/mol. The topological polar surface area (TPSA) is 58.1 Å². The van der Waals surface area contributed by atoms with Crippen molar-refractivity contribution in [1.82, 2.24) is 9.97 Å². The Kier molecular flexibility index (Phi) is 7.65. The first-order chi connectivity index (χ1) is 14.5. The van der Waals surface area contributed by atoms with Gasteiger partial charge in [-0.05, 0) is 55.8 Å². The molecule has 0 aliphatic heterocycles. The summed E-state index contributed by atoms with van der Waals surface area (Å²) in [6.45, 7) is 5.82. The van der Waals surface area contributed by atoms with Crippen molar-refractivity contribution in [2.75, 3.05) is 23.3 Å². The molecule has 5 nitrogen and oxygen atoms in total. The number of anilines is 2. The van der Waals surface area contributed by atoms with E-state index in [9.17, 15) is 9.18 Å². The standard InChI is InChI=1S/C22H22ClFN4OS/c1-3-28(4-2)20-13-19(23)26-22(27-20)30-14-15-5-7-16(8-6-15)21(29)25-18-11-9-17(24)10-12-18/h5-13H,3-4,14H2,1-2H3,(H,25,29). The van der Waals surface area contributed by atoms with Gasteiger partial charge in [0.2, 0.25) is 0 Å². The minimum atomic E-state index is -0.345. The van der Waals surface area contributed by atoms with Gasteiger partial charge < -0.3 is 10.2 Å². The molecule has 156 valence electrons. The Morgan fingerprint density at radius 2 is 1.73 bits per heavy atom. The molecule has 0 aliphatic rings. The lowest BCUT2D eigenvalue weighted by Crippen LogP contribution is -2.23. The number of rotatable bonds is 8.